The molecule has 0 aliphatic carbocycles. The Labute approximate surface area is 215 Å². The first-order chi connectivity index (χ1) is 18.2. The fourth-order valence-corrected chi connectivity index (χ4v) is 4.31. The average Bonchev–Trinajstić information content (AvgIpc) is 3.43. The highest BCUT2D eigenvalue weighted by Gasteiger charge is 2.24. The van der Waals surface area contributed by atoms with Gasteiger partial charge in [0.05, 0.1) is 15.4 Å². The van der Waals surface area contributed by atoms with Crippen molar-refractivity contribution in [3.63, 3.8) is 0 Å². The Bertz CT molecular complexity index is 1230. The number of benzene rings is 2. The summed E-state index contributed by atoms with van der Waals surface area (Å²) in [6, 6.07) is 17.0. The van der Waals surface area contributed by atoms with E-state index < -0.39 is 24.4 Å². The van der Waals surface area contributed by atoms with Gasteiger partial charge in [-0.2, -0.15) is 0 Å². The maximum atomic E-state index is 13.6. The highest BCUT2D eigenvalue weighted by molar-refractivity contribution is 5.94. The summed E-state index contributed by atoms with van der Waals surface area (Å²) >= 11 is 0. The normalized spacial score (nSPS) is 17.4. The molecule has 1 aliphatic heterocycles. The summed E-state index contributed by atoms with van der Waals surface area (Å²) in [5, 5.41) is 9.02. The number of carbonyl (C=O) groups excluding carboxylic acids is 1. The third-order valence-electron chi connectivity index (χ3n) is 6.20. The number of piperidine rings is 1. The number of carboxylic acids is 1. The molecule has 190 valence electrons. The summed E-state index contributed by atoms with van der Waals surface area (Å²) in [6.45, 7) is 3.25. The molecule has 2 aromatic carbocycles. The predicted molar refractivity (Wildman–Crippen MR) is 138 cm³/mol. The molecule has 1 N–H and O–H groups in total. The maximum absolute atomic E-state index is 13.6. The van der Waals surface area contributed by atoms with E-state index in [4.69, 9.17) is 17.0 Å². The Morgan fingerprint density at radius 2 is 1.94 bits per heavy atom. The summed E-state index contributed by atoms with van der Waals surface area (Å²) in [6.07, 6.45) is 3.11. The minimum atomic E-state index is -2.15. The van der Waals surface area contributed by atoms with Crippen LogP contribution < -0.4 is 4.74 Å². The third-order valence-corrected chi connectivity index (χ3v) is 6.20. The Kier molecular flexibility index (Phi) is 7.56. The first kappa shape index (κ1) is 22.9. The van der Waals surface area contributed by atoms with Gasteiger partial charge in [-0.25, -0.2) is 0 Å². The van der Waals surface area contributed by atoms with E-state index in [0.717, 1.165) is 24.9 Å². The molecule has 7 heteroatoms. The number of ether oxygens (including phenoxy) is 1. The molecule has 1 unspecified atom stereocenters. The molecule has 0 bridgehead atoms. The van der Waals surface area contributed by atoms with Gasteiger partial charge < -0.3 is 19.2 Å². The van der Waals surface area contributed by atoms with Gasteiger partial charge in [0.2, 0.25) is 0 Å². The van der Waals surface area contributed by atoms with Crippen molar-refractivity contribution in [1.29, 1.82) is 0 Å². The van der Waals surface area contributed by atoms with Crippen molar-refractivity contribution in [3.8, 4) is 17.1 Å². The lowest BCUT2D eigenvalue weighted by Gasteiger charge is -2.33. The lowest BCUT2D eigenvalue weighted by atomic mass is 10.1. The van der Waals surface area contributed by atoms with E-state index in [1.54, 1.807) is 74.7 Å². The maximum Gasteiger partial charge on any atom is 0.304 e. The van der Waals surface area contributed by atoms with Crippen LogP contribution in [0.25, 0.3) is 11.3 Å². The van der Waals surface area contributed by atoms with E-state index in [2.05, 4.69) is 4.90 Å². The van der Waals surface area contributed by atoms with E-state index in [1.807, 2.05) is 6.07 Å². The SMILES string of the molecule is [2H]C([2H])(c1ccccc1OC1CCCN(CCC(=O)O)C1)N(C(=O)c1ccc(-c2ccco2)cc1)C(C)C. The molecule has 1 saturated heterocycles. The fourth-order valence-electron chi connectivity index (χ4n) is 4.31. The molecule has 1 fully saturated rings. The number of para-hydroxylation sites is 1. The van der Waals surface area contributed by atoms with Crippen LogP contribution in [0.4, 0.5) is 0 Å². The third kappa shape index (κ3) is 6.55. The summed E-state index contributed by atoms with van der Waals surface area (Å²) in [5.41, 5.74) is 1.48. The first-order valence-corrected chi connectivity index (χ1v) is 12.3. The van der Waals surface area contributed by atoms with Gasteiger partial charge in [0.1, 0.15) is 17.6 Å². The second kappa shape index (κ2) is 11.9. The van der Waals surface area contributed by atoms with Crippen molar-refractivity contribution in [2.75, 3.05) is 19.6 Å². The lowest BCUT2D eigenvalue weighted by molar-refractivity contribution is -0.137. The molecule has 0 saturated carbocycles. The molecule has 0 radical (unpaired) electrons. The van der Waals surface area contributed by atoms with Gasteiger partial charge in [0.15, 0.2) is 0 Å². The van der Waals surface area contributed by atoms with Crippen LogP contribution in [0.3, 0.4) is 0 Å². The highest BCUT2D eigenvalue weighted by Crippen LogP contribution is 2.26. The van der Waals surface area contributed by atoms with E-state index >= 15 is 0 Å². The molecular weight excluding hydrogens is 456 g/mol. The standard InChI is InChI=1S/C29H34N2O5/c1-21(2)31(29(34)23-13-11-22(12-14-23)26-10-6-18-35-26)19-24-7-3-4-9-27(24)36-25-8-5-16-30(20-25)17-15-28(32)33/h3-4,6-7,9-14,18,21,25H,5,8,15-17,19-20H2,1-2H3,(H,32,33)/i19D2. The molecule has 1 aliphatic rings. The number of carboxylic acid groups (broad SMARTS) is 1. The molecule has 3 aromatic rings. The zero-order valence-electron chi connectivity index (χ0n) is 22.7. The molecule has 1 atom stereocenters. The number of carbonyl (C=O) groups is 2. The second-order valence-corrected chi connectivity index (χ2v) is 9.26. The molecular formula is C29H34N2O5. The largest absolute Gasteiger partial charge is 0.489 e. The molecule has 4 rings (SSSR count). The van der Waals surface area contributed by atoms with Crippen molar-refractivity contribution in [2.24, 2.45) is 0 Å². The number of furan rings is 1. The zero-order chi connectivity index (χ0) is 27.3. The smallest absolute Gasteiger partial charge is 0.304 e. The molecule has 2 heterocycles. The van der Waals surface area contributed by atoms with Crippen molar-refractivity contribution < 1.29 is 26.6 Å². The van der Waals surface area contributed by atoms with Crippen LogP contribution in [0.5, 0.6) is 5.75 Å². The van der Waals surface area contributed by atoms with Gasteiger partial charge in [0.25, 0.3) is 5.91 Å². The summed E-state index contributed by atoms with van der Waals surface area (Å²) in [5.74, 6) is -0.187. The number of rotatable bonds is 10. The van der Waals surface area contributed by atoms with E-state index in [9.17, 15) is 9.59 Å². The first-order valence-electron chi connectivity index (χ1n) is 13.3. The Morgan fingerprint density at radius 3 is 2.64 bits per heavy atom. The Morgan fingerprint density at radius 1 is 1.17 bits per heavy atom. The summed E-state index contributed by atoms with van der Waals surface area (Å²) in [4.78, 5) is 27.9. The monoisotopic (exact) mass is 492 g/mol. The van der Waals surface area contributed by atoms with Crippen LogP contribution in [0.1, 0.15) is 51.8 Å². The second-order valence-electron chi connectivity index (χ2n) is 9.26. The van der Waals surface area contributed by atoms with Crippen LogP contribution >= 0.6 is 0 Å². The minimum Gasteiger partial charge on any atom is -0.489 e. The quantitative estimate of drug-likeness (QED) is 0.413. The predicted octanol–water partition coefficient (Wildman–Crippen LogP) is 5.32. The van der Waals surface area contributed by atoms with Gasteiger partial charge >= 0.3 is 5.97 Å². The van der Waals surface area contributed by atoms with Gasteiger partial charge in [0, 0.05) is 42.3 Å². The minimum absolute atomic E-state index is 0.0693. The number of hydrogen-bond donors (Lipinski definition) is 1. The van der Waals surface area contributed by atoms with Gasteiger partial charge in [-0.3, -0.25) is 14.5 Å². The van der Waals surface area contributed by atoms with E-state index in [1.165, 1.54) is 4.90 Å². The highest BCUT2D eigenvalue weighted by atomic mass is 16.5. The van der Waals surface area contributed by atoms with Crippen molar-refractivity contribution in [2.45, 2.75) is 51.8 Å². The summed E-state index contributed by atoms with van der Waals surface area (Å²) < 4.78 is 29.9. The number of nitrogens with zero attached hydrogens (tertiary/aromatic N) is 2. The Balaban J connectivity index is 1.55. The van der Waals surface area contributed by atoms with Gasteiger partial charge in [-0.05, 0) is 63.6 Å². The van der Waals surface area contributed by atoms with Crippen LogP contribution in [-0.2, 0) is 11.3 Å². The lowest BCUT2D eigenvalue weighted by Crippen LogP contribution is -2.42. The van der Waals surface area contributed by atoms with Gasteiger partial charge in [-0.15, -0.1) is 0 Å². The number of hydrogen-bond acceptors (Lipinski definition) is 5. The molecule has 36 heavy (non-hydrogen) atoms. The number of amides is 1. The van der Waals surface area contributed by atoms with Crippen molar-refractivity contribution in [3.05, 3.63) is 78.1 Å². The van der Waals surface area contributed by atoms with Crippen LogP contribution in [0, 0.1) is 0 Å². The Hall–Kier alpha value is -3.58. The number of aliphatic carboxylic acids is 1. The topological polar surface area (TPSA) is 83.2 Å². The molecule has 1 aromatic heterocycles. The molecule has 1 amide bonds. The van der Waals surface area contributed by atoms with E-state index in [0.29, 0.717) is 30.2 Å². The van der Waals surface area contributed by atoms with Gasteiger partial charge in [-0.1, -0.05) is 30.3 Å². The summed E-state index contributed by atoms with van der Waals surface area (Å²) in [7, 11) is 0. The van der Waals surface area contributed by atoms with Crippen LogP contribution in [0.2, 0.25) is 0 Å². The number of likely N-dealkylation sites (tertiary alicyclic amines) is 1. The van der Waals surface area contributed by atoms with Crippen molar-refractivity contribution in [1.82, 2.24) is 9.80 Å². The molecule has 7 nitrogen and oxygen atoms in total. The fraction of sp³-hybridized carbons (Fsp3) is 0.379. The van der Waals surface area contributed by atoms with Crippen LogP contribution in [-0.4, -0.2) is 58.6 Å². The van der Waals surface area contributed by atoms with E-state index in [-0.39, 0.29) is 18.1 Å². The van der Waals surface area contributed by atoms with Crippen molar-refractivity contribution >= 4 is 11.9 Å². The molecule has 0 spiro atoms. The zero-order valence-corrected chi connectivity index (χ0v) is 20.7. The van der Waals surface area contributed by atoms with Crippen LogP contribution in [0.15, 0.2) is 71.3 Å². The average molecular weight is 493 g/mol.